The lowest BCUT2D eigenvalue weighted by Crippen LogP contribution is -2.33. The number of aliphatic imine (C=N–C) groups is 1. The highest BCUT2D eigenvalue weighted by atomic mass is 32.1. The van der Waals surface area contributed by atoms with E-state index in [0.717, 1.165) is 0 Å². The van der Waals surface area contributed by atoms with Crippen LogP contribution >= 0.6 is 12.6 Å². The van der Waals surface area contributed by atoms with Crippen LogP contribution in [0, 0.1) is 5.41 Å². The number of methoxy groups -OCH3 is 2. The topological polar surface area (TPSA) is 63.9 Å². The Morgan fingerprint density at radius 3 is 2.11 bits per heavy atom. The maximum absolute atomic E-state index is 7.44. The van der Waals surface area contributed by atoms with Gasteiger partial charge in [-0.05, 0) is 27.7 Å². The molecular weight excluding hydrogens is 252 g/mol. The lowest BCUT2D eigenvalue weighted by molar-refractivity contribution is -0.0719. The molecule has 6 heteroatoms. The van der Waals surface area contributed by atoms with Gasteiger partial charge in [0.15, 0.2) is 0 Å². The van der Waals surface area contributed by atoms with Crippen LogP contribution in [0.4, 0.5) is 0 Å². The number of nitrogens with zero attached hydrogens (tertiary/aromatic N) is 1. The summed E-state index contributed by atoms with van der Waals surface area (Å²) in [6, 6.07) is 0. The van der Waals surface area contributed by atoms with Crippen LogP contribution in [0.15, 0.2) is 4.99 Å². The van der Waals surface area contributed by atoms with E-state index in [0.29, 0.717) is 13.0 Å². The van der Waals surface area contributed by atoms with E-state index < -0.39 is 4.93 Å². The third-order valence-electron chi connectivity index (χ3n) is 1.95. The molecule has 0 radical (unpaired) electrons. The van der Waals surface area contributed by atoms with E-state index in [-0.39, 0.29) is 17.4 Å². The van der Waals surface area contributed by atoms with Gasteiger partial charge in [0.2, 0.25) is 0 Å². The first-order chi connectivity index (χ1) is 8.11. The maximum Gasteiger partial charge on any atom is 0.272 e. The summed E-state index contributed by atoms with van der Waals surface area (Å²) in [6.07, 6.45) is 0.608. The van der Waals surface area contributed by atoms with Gasteiger partial charge in [-0.2, -0.15) is 0 Å². The summed E-state index contributed by atoms with van der Waals surface area (Å²) in [6.45, 7) is 8.28. The zero-order chi connectivity index (χ0) is 14.4. The average molecular weight is 276 g/mol. The number of thiol groups is 1. The minimum atomic E-state index is -0.574. The molecule has 106 valence electrons. The van der Waals surface area contributed by atoms with Crippen molar-refractivity contribution < 1.29 is 14.2 Å². The van der Waals surface area contributed by atoms with Gasteiger partial charge < -0.3 is 14.2 Å². The Bertz CT molecular complexity index is 309. The van der Waals surface area contributed by atoms with Crippen LogP contribution in [0.25, 0.3) is 0 Å². The van der Waals surface area contributed by atoms with Gasteiger partial charge in [0.25, 0.3) is 11.8 Å². The summed E-state index contributed by atoms with van der Waals surface area (Å²) < 4.78 is 15.5. The van der Waals surface area contributed by atoms with Crippen LogP contribution in [-0.2, 0) is 14.2 Å². The first-order valence-corrected chi connectivity index (χ1v) is 6.20. The molecule has 0 aliphatic carbocycles. The molecule has 5 nitrogen and oxygen atoms in total. The van der Waals surface area contributed by atoms with Crippen LogP contribution in [0.1, 0.15) is 34.1 Å². The molecule has 1 unspecified atom stereocenters. The van der Waals surface area contributed by atoms with Crippen molar-refractivity contribution in [2.75, 3.05) is 20.8 Å². The monoisotopic (exact) mass is 276 g/mol. The number of nitrogens with one attached hydrogen (secondary N) is 1. The van der Waals surface area contributed by atoms with Crippen molar-refractivity contribution in [1.82, 2.24) is 0 Å². The molecule has 1 N–H and O–H groups in total. The van der Waals surface area contributed by atoms with E-state index in [9.17, 15) is 0 Å². The Balaban J connectivity index is 4.39. The van der Waals surface area contributed by atoms with Gasteiger partial charge in [-0.1, -0.05) is 0 Å². The molecule has 0 bridgehead atoms. The fourth-order valence-electron chi connectivity index (χ4n) is 1.39. The highest BCUT2D eigenvalue weighted by molar-refractivity contribution is 7.81. The van der Waals surface area contributed by atoms with Gasteiger partial charge >= 0.3 is 0 Å². The number of rotatable bonds is 4. The highest BCUT2D eigenvalue weighted by Gasteiger charge is 2.26. The fourth-order valence-corrected chi connectivity index (χ4v) is 1.77. The molecule has 0 aliphatic heterocycles. The summed E-state index contributed by atoms with van der Waals surface area (Å²) in [5, 5.41) is 7.44. The molecule has 0 saturated carbocycles. The third-order valence-corrected chi connectivity index (χ3v) is 2.26. The largest absolute Gasteiger partial charge is 0.478 e. The Hall–Kier alpha value is -0.750. The van der Waals surface area contributed by atoms with E-state index in [1.165, 1.54) is 14.2 Å². The van der Waals surface area contributed by atoms with Gasteiger partial charge in [0.1, 0.15) is 4.93 Å². The first kappa shape index (κ1) is 17.2. The zero-order valence-electron chi connectivity index (χ0n) is 12.0. The molecule has 0 fully saturated rings. The SMILES string of the molecule is COC(=N)/C(=N\CCC(C)(S)OC(C)(C)C)OC. The minimum Gasteiger partial charge on any atom is -0.478 e. The van der Waals surface area contributed by atoms with Crippen LogP contribution in [-0.4, -0.2) is 43.1 Å². The Morgan fingerprint density at radius 1 is 1.17 bits per heavy atom. The maximum atomic E-state index is 7.44. The minimum absolute atomic E-state index is 0.0879. The van der Waals surface area contributed by atoms with Crippen LogP contribution in [0.3, 0.4) is 0 Å². The quantitative estimate of drug-likeness (QED) is 0.359. The van der Waals surface area contributed by atoms with Gasteiger partial charge in [0.05, 0.1) is 19.8 Å². The molecule has 0 rings (SSSR count). The van der Waals surface area contributed by atoms with Crippen molar-refractivity contribution in [1.29, 1.82) is 5.41 Å². The number of ether oxygens (including phenoxy) is 3. The van der Waals surface area contributed by atoms with Crippen molar-refractivity contribution in [3.63, 3.8) is 0 Å². The lowest BCUT2D eigenvalue weighted by atomic mass is 10.1. The second-order valence-corrected chi connectivity index (χ2v) is 6.01. The number of hydrogen-bond donors (Lipinski definition) is 2. The predicted molar refractivity (Wildman–Crippen MR) is 76.9 cm³/mol. The van der Waals surface area contributed by atoms with E-state index in [4.69, 9.17) is 19.6 Å². The van der Waals surface area contributed by atoms with E-state index >= 15 is 0 Å². The van der Waals surface area contributed by atoms with Gasteiger partial charge in [-0.15, -0.1) is 12.6 Å². The van der Waals surface area contributed by atoms with Crippen molar-refractivity contribution in [3.05, 3.63) is 0 Å². The second-order valence-electron chi connectivity index (χ2n) is 5.06. The van der Waals surface area contributed by atoms with Crippen LogP contribution in [0.5, 0.6) is 0 Å². The second kappa shape index (κ2) is 6.99. The first-order valence-electron chi connectivity index (χ1n) is 5.75. The van der Waals surface area contributed by atoms with E-state index in [2.05, 4.69) is 17.6 Å². The molecule has 0 aromatic carbocycles. The van der Waals surface area contributed by atoms with Gasteiger partial charge in [-0.25, -0.2) is 4.99 Å². The molecule has 0 aliphatic rings. The number of hydrogen-bond acceptors (Lipinski definition) is 6. The molecule has 0 amide bonds. The van der Waals surface area contributed by atoms with Gasteiger partial charge in [0, 0.05) is 13.0 Å². The Morgan fingerprint density at radius 2 is 1.72 bits per heavy atom. The molecule has 1 atom stereocenters. The summed E-state index contributed by atoms with van der Waals surface area (Å²) >= 11 is 4.47. The van der Waals surface area contributed by atoms with E-state index in [1.807, 2.05) is 27.7 Å². The molecule has 0 spiro atoms. The van der Waals surface area contributed by atoms with Crippen molar-refractivity contribution in [2.24, 2.45) is 4.99 Å². The van der Waals surface area contributed by atoms with E-state index in [1.54, 1.807) is 0 Å². The van der Waals surface area contributed by atoms with Gasteiger partial charge in [-0.3, -0.25) is 5.41 Å². The summed E-state index contributed by atoms with van der Waals surface area (Å²) in [7, 11) is 2.86. The standard InChI is InChI=1S/C12H24N2O3S/c1-11(2,3)17-12(4,18)7-8-14-10(16-6)9(13)15-5/h13,18H,7-8H2,1-6H3/b13-9?,14-10+. The highest BCUT2D eigenvalue weighted by Crippen LogP contribution is 2.26. The molecule has 0 saturated heterocycles. The molecule has 0 aromatic heterocycles. The smallest absolute Gasteiger partial charge is 0.272 e. The van der Waals surface area contributed by atoms with Crippen molar-refractivity contribution in [3.8, 4) is 0 Å². The zero-order valence-corrected chi connectivity index (χ0v) is 12.9. The van der Waals surface area contributed by atoms with Crippen LogP contribution < -0.4 is 0 Å². The predicted octanol–water partition coefficient (Wildman–Crippen LogP) is 2.51. The Kier molecular flexibility index (Phi) is 6.70. The summed E-state index contributed by atoms with van der Waals surface area (Å²) in [4.78, 5) is 3.57. The Labute approximate surface area is 115 Å². The molecule has 0 heterocycles. The fraction of sp³-hybridized carbons (Fsp3) is 0.833. The van der Waals surface area contributed by atoms with Crippen LogP contribution in [0.2, 0.25) is 0 Å². The molecular formula is C12H24N2O3S. The summed E-state index contributed by atoms with van der Waals surface area (Å²) in [5.41, 5.74) is -0.260. The third kappa shape index (κ3) is 7.55. The normalized spacial score (nSPS) is 16.1. The lowest BCUT2D eigenvalue weighted by Gasteiger charge is -2.32. The molecule has 0 aromatic rings. The summed E-state index contributed by atoms with van der Waals surface area (Å²) in [5.74, 6) is 0.0903. The average Bonchev–Trinajstić information content (AvgIpc) is 2.19. The van der Waals surface area contributed by atoms with Crippen molar-refractivity contribution >= 4 is 24.4 Å². The molecule has 18 heavy (non-hydrogen) atoms. The van der Waals surface area contributed by atoms with Crippen molar-refractivity contribution in [2.45, 2.75) is 44.6 Å².